The minimum Gasteiger partial charge on any atom is -0.491 e. The third-order valence-corrected chi connectivity index (χ3v) is 4.00. The number of hydrogen-bond acceptors (Lipinski definition) is 4. The number of ether oxygens (including phenoxy) is 1. The molecule has 6 nitrogen and oxygen atoms in total. The first-order valence-corrected chi connectivity index (χ1v) is 8.67. The van der Waals surface area contributed by atoms with Crippen LogP contribution < -0.4 is 10.1 Å². The number of carbonyl (C=O) groups is 2. The summed E-state index contributed by atoms with van der Waals surface area (Å²) in [5.41, 5.74) is 0.215. The Morgan fingerprint density at radius 2 is 1.69 bits per heavy atom. The number of nitrogens with one attached hydrogen (secondary N) is 1. The summed E-state index contributed by atoms with van der Waals surface area (Å²) in [7, 11) is 1.47. The summed E-state index contributed by atoms with van der Waals surface area (Å²) in [6.45, 7) is 1.18. The predicted octanol–water partition coefficient (Wildman–Crippen LogP) is 3.81. The molecule has 0 heterocycles. The highest BCUT2D eigenvalue weighted by Gasteiger charge is 2.30. The fraction of sp³-hybridized carbons (Fsp3) is 0.300. The standard InChI is InChI=1S/C20H21F3N2O4/c1-13(26)14-3-7-16(8-4-14)24-19(28)25(2)11-17(27)12-29-18-9-5-15(6-10-18)20(21,22)23/h3-10,17,27H,11-12H2,1-2H3,(H,24,28)/t17-/m1/s1. The van der Waals surface area contributed by atoms with E-state index < -0.39 is 23.9 Å². The van der Waals surface area contributed by atoms with Gasteiger partial charge in [0.25, 0.3) is 0 Å². The zero-order chi connectivity index (χ0) is 21.6. The fourth-order valence-electron chi connectivity index (χ4n) is 2.39. The molecule has 156 valence electrons. The average Bonchev–Trinajstić information content (AvgIpc) is 2.66. The zero-order valence-electron chi connectivity index (χ0n) is 15.9. The molecule has 0 saturated carbocycles. The number of amides is 2. The van der Waals surface area contributed by atoms with E-state index in [1.807, 2.05) is 0 Å². The smallest absolute Gasteiger partial charge is 0.416 e. The van der Waals surface area contributed by atoms with Crippen molar-refractivity contribution in [2.45, 2.75) is 19.2 Å². The number of benzene rings is 2. The number of likely N-dealkylation sites (N-methyl/N-ethyl adjacent to an activating group) is 1. The van der Waals surface area contributed by atoms with Gasteiger partial charge in [-0.05, 0) is 55.5 Å². The maximum atomic E-state index is 12.5. The van der Waals surface area contributed by atoms with Crippen LogP contribution in [0, 0.1) is 0 Å². The SMILES string of the molecule is CC(=O)c1ccc(NC(=O)N(C)C[C@@H](O)COc2ccc(C(F)(F)F)cc2)cc1. The number of Topliss-reactive ketones (excluding diaryl/α,β-unsaturated/α-hetero) is 1. The minimum atomic E-state index is -4.43. The first-order chi connectivity index (χ1) is 13.6. The van der Waals surface area contributed by atoms with Crippen LogP contribution in [0.1, 0.15) is 22.8 Å². The second kappa shape index (κ2) is 9.42. The molecule has 2 aromatic carbocycles. The highest BCUT2D eigenvalue weighted by Crippen LogP contribution is 2.30. The van der Waals surface area contributed by atoms with Gasteiger partial charge in [-0.1, -0.05) is 0 Å². The van der Waals surface area contributed by atoms with E-state index >= 15 is 0 Å². The lowest BCUT2D eigenvalue weighted by Gasteiger charge is -2.21. The third-order valence-electron chi connectivity index (χ3n) is 4.00. The molecule has 0 aliphatic rings. The van der Waals surface area contributed by atoms with E-state index in [1.165, 1.54) is 18.9 Å². The molecular formula is C20H21F3N2O4. The zero-order valence-corrected chi connectivity index (χ0v) is 15.9. The Balaban J connectivity index is 1.81. The number of carbonyl (C=O) groups excluding carboxylic acids is 2. The molecule has 0 radical (unpaired) electrons. The molecule has 2 rings (SSSR count). The van der Waals surface area contributed by atoms with Gasteiger partial charge in [0.2, 0.25) is 0 Å². The number of anilines is 1. The van der Waals surface area contributed by atoms with Gasteiger partial charge in [-0.25, -0.2) is 4.79 Å². The molecule has 0 aliphatic heterocycles. The van der Waals surface area contributed by atoms with Gasteiger partial charge in [0, 0.05) is 18.3 Å². The lowest BCUT2D eigenvalue weighted by Crippen LogP contribution is -2.39. The quantitative estimate of drug-likeness (QED) is 0.681. The Labute approximate surface area is 165 Å². The van der Waals surface area contributed by atoms with E-state index in [0.29, 0.717) is 11.3 Å². The van der Waals surface area contributed by atoms with Gasteiger partial charge in [-0.15, -0.1) is 0 Å². The van der Waals surface area contributed by atoms with Crippen molar-refractivity contribution in [3.63, 3.8) is 0 Å². The van der Waals surface area contributed by atoms with E-state index in [4.69, 9.17) is 4.74 Å². The molecule has 0 spiro atoms. The maximum absolute atomic E-state index is 12.5. The summed E-state index contributed by atoms with van der Waals surface area (Å²) in [6, 6.07) is 9.98. The van der Waals surface area contributed by atoms with Crippen LogP contribution >= 0.6 is 0 Å². The summed E-state index contributed by atoms with van der Waals surface area (Å²) in [4.78, 5) is 24.6. The maximum Gasteiger partial charge on any atom is 0.416 e. The molecule has 0 saturated heterocycles. The van der Waals surface area contributed by atoms with E-state index in [-0.39, 0.29) is 24.7 Å². The van der Waals surface area contributed by atoms with Crippen LogP contribution in [0.4, 0.5) is 23.7 Å². The van der Waals surface area contributed by atoms with Crippen molar-refractivity contribution in [1.82, 2.24) is 4.90 Å². The number of halogens is 3. The van der Waals surface area contributed by atoms with Crippen LogP contribution in [0.5, 0.6) is 5.75 Å². The van der Waals surface area contributed by atoms with Gasteiger partial charge < -0.3 is 20.1 Å². The van der Waals surface area contributed by atoms with Crippen LogP contribution in [-0.2, 0) is 6.18 Å². The normalized spacial score (nSPS) is 12.2. The summed E-state index contributed by atoms with van der Waals surface area (Å²) in [5.74, 6) is 0.0888. The summed E-state index contributed by atoms with van der Waals surface area (Å²) in [6.07, 6.45) is -5.48. The fourth-order valence-corrected chi connectivity index (χ4v) is 2.39. The molecule has 2 aromatic rings. The molecule has 0 bridgehead atoms. The largest absolute Gasteiger partial charge is 0.491 e. The molecule has 0 aromatic heterocycles. The van der Waals surface area contributed by atoms with Crippen LogP contribution in [0.25, 0.3) is 0 Å². The number of alkyl halides is 3. The molecule has 1 atom stereocenters. The predicted molar refractivity (Wildman–Crippen MR) is 101 cm³/mol. The van der Waals surface area contributed by atoms with Crippen LogP contribution in [-0.4, -0.2) is 48.1 Å². The second-order valence-electron chi connectivity index (χ2n) is 6.43. The van der Waals surface area contributed by atoms with Crippen molar-refractivity contribution in [3.05, 3.63) is 59.7 Å². The highest BCUT2D eigenvalue weighted by atomic mass is 19.4. The first-order valence-electron chi connectivity index (χ1n) is 8.67. The van der Waals surface area contributed by atoms with Crippen molar-refractivity contribution < 1.29 is 32.6 Å². The Kier molecular flexibility index (Phi) is 7.22. The summed E-state index contributed by atoms with van der Waals surface area (Å²) >= 11 is 0. The highest BCUT2D eigenvalue weighted by molar-refractivity contribution is 5.95. The van der Waals surface area contributed by atoms with Gasteiger partial charge in [0.1, 0.15) is 18.5 Å². The van der Waals surface area contributed by atoms with Crippen LogP contribution in [0.2, 0.25) is 0 Å². The molecule has 2 amide bonds. The van der Waals surface area contributed by atoms with E-state index in [2.05, 4.69) is 5.32 Å². The van der Waals surface area contributed by atoms with Crippen LogP contribution in [0.3, 0.4) is 0 Å². The second-order valence-corrected chi connectivity index (χ2v) is 6.43. The van der Waals surface area contributed by atoms with Crippen molar-refractivity contribution >= 4 is 17.5 Å². The molecule has 2 N–H and O–H groups in total. The number of nitrogens with zero attached hydrogens (tertiary/aromatic N) is 1. The Hall–Kier alpha value is -3.07. The molecule has 0 aliphatic carbocycles. The minimum absolute atomic E-state index is 0.0575. The van der Waals surface area contributed by atoms with Gasteiger partial charge in [-0.2, -0.15) is 13.2 Å². The topological polar surface area (TPSA) is 78.9 Å². The molecule has 0 fully saturated rings. The third kappa shape index (κ3) is 6.79. The molecular weight excluding hydrogens is 389 g/mol. The van der Waals surface area contributed by atoms with Crippen molar-refractivity contribution in [1.29, 1.82) is 0 Å². The monoisotopic (exact) mass is 410 g/mol. The lowest BCUT2D eigenvalue weighted by atomic mass is 10.1. The van der Waals surface area contributed by atoms with Crippen molar-refractivity contribution in [2.24, 2.45) is 0 Å². The molecule has 0 unspecified atom stereocenters. The number of aliphatic hydroxyl groups is 1. The van der Waals surface area contributed by atoms with Gasteiger partial charge in [0.05, 0.1) is 12.1 Å². The first kappa shape index (κ1) is 22.2. The van der Waals surface area contributed by atoms with Gasteiger partial charge in [-0.3, -0.25) is 4.79 Å². The van der Waals surface area contributed by atoms with Gasteiger partial charge >= 0.3 is 12.2 Å². The van der Waals surface area contributed by atoms with E-state index in [1.54, 1.807) is 24.3 Å². The van der Waals surface area contributed by atoms with E-state index in [9.17, 15) is 27.9 Å². The molecule has 9 heteroatoms. The van der Waals surface area contributed by atoms with Gasteiger partial charge in [0.15, 0.2) is 5.78 Å². The Morgan fingerprint density at radius 1 is 1.10 bits per heavy atom. The number of rotatable bonds is 7. The summed E-state index contributed by atoms with van der Waals surface area (Å²) in [5, 5.41) is 12.6. The van der Waals surface area contributed by atoms with Crippen molar-refractivity contribution in [3.8, 4) is 5.75 Å². The number of urea groups is 1. The van der Waals surface area contributed by atoms with Crippen LogP contribution in [0.15, 0.2) is 48.5 Å². The Morgan fingerprint density at radius 3 is 2.21 bits per heavy atom. The number of aliphatic hydroxyl groups excluding tert-OH is 1. The Bertz CT molecular complexity index is 836. The summed E-state index contributed by atoms with van der Waals surface area (Å²) < 4.78 is 42.8. The number of hydrogen-bond donors (Lipinski definition) is 2. The lowest BCUT2D eigenvalue weighted by molar-refractivity contribution is -0.137. The average molecular weight is 410 g/mol. The number of ketones is 1. The van der Waals surface area contributed by atoms with E-state index in [0.717, 1.165) is 24.3 Å². The van der Waals surface area contributed by atoms with Crippen molar-refractivity contribution in [2.75, 3.05) is 25.5 Å². The molecule has 29 heavy (non-hydrogen) atoms.